The van der Waals surface area contributed by atoms with E-state index in [1.54, 1.807) is 0 Å². The molecule has 0 bridgehead atoms. The Balaban J connectivity index is 1.86. The van der Waals surface area contributed by atoms with Crippen LogP contribution in [0.2, 0.25) is 0 Å². The Labute approximate surface area is 101 Å². The third-order valence-electron chi connectivity index (χ3n) is 3.37. The maximum absolute atomic E-state index is 6.23. The summed E-state index contributed by atoms with van der Waals surface area (Å²) in [5, 5.41) is 0. The van der Waals surface area contributed by atoms with Crippen molar-refractivity contribution in [2.24, 2.45) is 5.73 Å². The molecule has 3 nitrogen and oxygen atoms in total. The van der Waals surface area contributed by atoms with Crippen LogP contribution in [-0.2, 0) is 22.7 Å². The number of ether oxygens (including phenoxy) is 2. The molecule has 1 unspecified atom stereocenters. The lowest BCUT2D eigenvalue weighted by Crippen LogP contribution is -2.18. The zero-order chi connectivity index (χ0) is 11.7. The molecule has 0 aromatic heterocycles. The minimum Gasteiger partial charge on any atom is -0.496 e. The van der Waals surface area contributed by atoms with Gasteiger partial charge in [0.2, 0.25) is 0 Å². The van der Waals surface area contributed by atoms with E-state index in [-0.39, 0.29) is 6.04 Å². The third-order valence-corrected chi connectivity index (χ3v) is 3.37. The highest BCUT2D eigenvalue weighted by molar-refractivity contribution is 5.36. The van der Waals surface area contributed by atoms with Crippen LogP contribution >= 0.6 is 0 Å². The molecular weight excluding hydrogens is 214 g/mol. The Kier molecular flexibility index (Phi) is 2.87. The van der Waals surface area contributed by atoms with Crippen molar-refractivity contribution in [2.75, 3.05) is 6.61 Å². The fourth-order valence-corrected chi connectivity index (χ4v) is 2.34. The Bertz CT molecular complexity index is 454. The highest BCUT2D eigenvalue weighted by Gasteiger charge is 2.18. The minimum absolute atomic E-state index is 0.138. The molecule has 1 atom stereocenters. The highest BCUT2D eigenvalue weighted by Crippen LogP contribution is 2.28. The Hall–Kier alpha value is -1.32. The van der Waals surface area contributed by atoms with E-state index < -0.39 is 0 Å². The second kappa shape index (κ2) is 4.51. The standard InChI is InChI=1S/C14H17NO2/c15-14(13-3-1-2-6-17-13)10-4-5-11-8-16-9-12(11)7-10/h3-5,7,14H,1-2,6,8-9,15H2. The summed E-state index contributed by atoms with van der Waals surface area (Å²) in [6.07, 6.45) is 4.27. The number of allylic oxidation sites excluding steroid dienone is 1. The number of nitrogens with two attached hydrogens (primary N) is 1. The van der Waals surface area contributed by atoms with Crippen LogP contribution in [0.4, 0.5) is 0 Å². The molecule has 0 fully saturated rings. The van der Waals surface area contributed by atoms with Crippen molar-refractivity contribution in [3.05, 3.63) is 46.7 Å². The average molecular weight is 231 g/mol. The number of hydrogen-bond acceptors (Lipinski definition) is 3. The van der Waals surface area contributed by atoms with Gasteiger partial charge in [-0.3, -0.25) is 0 Å². The van der Waals surface area contributed by atoms with Crippen LogP contribution in [0.15, 0.2) is 30.0 Å². The van der Waals surface area contributed by atoms with Crippen molar-refractivity contribution in [1.82, 2.24) is 0 Å². The molecule has 1 aromatic carbocycles. The third kappa shape index (κ3) is 2.08. The normalized spacial score (nSPS) is 20.4. The Morgan fingerprint density at radius 2 is 2.06 bits per heavy atom. The van der Waals surface area contributed by atoms with Crippen LogP contribution in [0, 0.1) is 0 Å². The summed E-state index contributed by atoms with van der Waals surface area (Å²) in [5.41, 5.74) is 9.88. The zero-order valence-electron chi connectivity index (χ0n) is 9.82. The smallest absolute Gasteiger partial charge is 0.113 e. The first-order valence-electron chi connectivity index (χ1n) is 6.12. The lowest BCUT2D eigenvalue weighted by molar-refractivity contribution is 0.134. The molecule has 3 rings (SSSR count). The van der Waals surface area contributed by atoms with E-state index in [2.05, 4.69) is 24.3 Å². The fraction of sp³-hybridized carbons (Fsp3) is 0.429. The maximum atomic E-state index is 6.23. The van der Waals surface area contributed by atoms with Crippen LogP contribution in [0.5, 0.6) is 0 Å². The van der Waals surface area contributed by atoms with Crippen LogP contribution in [0.3, 0.4) is 0 Å². The first kappa shape index (κ1) is 10.8. The van der Waals surface area contributed by atoms with Crippen molar-refractivity contribution >= 4 is 0 Å². The van der Waals surface area contributed by atoms with E-state index in [9.17, 15) is 0 Å². The molecule has 2 heterocycles. The van der Waals surface area contributed by atoms with Crippen LogP contribution < -0.4 is 5.73 Å². The molecule has 2 aliphatic heterocycles. The zero-order valence-corrected chi connectivity index (χ0v) is 9.82. The summed E-state index contributed by atoms with van der Waals surface area (Å²) in [6.45, 7) is 2.22. The average Bonchev–Trinajstić information content (AvgIpc) is 2.86. The molecule has 2 N–H and O–H groups in total. The molecule has 1 aromatic rings. The lowest BCUT2D eigenvalue weighted by Gasteiger charge is -2.21. The number of benzene rings is 1. The second-order valence-electron chi connectivity index (χ2n) is 4.60. The van der Waals surface area contributed by atoms with Crippen molar-refractivity contribution in [3.8, 4) is 0 Å². The minimum atomic E-state index is -0.138. The largest absolute Gasteiger partial charge is 0.496 e. The topological polar surface area (TPSA) is 44.5 Å². The molecular formula is C14H17NO2. The van der Waals surface area contributed by atoms with Crippen molar-refractivity contribution < 1.29 is 9.47 Å². The van der Waals surface area contributed by atoms with Crippen LogP contribution in [0.25, 0.3) is 0 Å². The van der Waals surface area contributed by atoms with Crippen molar-refractivity contribution in [2.45, 2.75) is 32.1 Å². The predicted octanol–water partition coefficient (Wildman–Crippen LogP) is 2.41. The van der Waals surface area contributed by atoms with Gasteiger partial charge in [-0.1, -0.05) is 18.2 Å². The molecule has 90 valence electrons. The summed E-state index contributed by atoms with van der Waals surface area (Å²) in [4.78, 5) is 0. The van der Waals surface area contributed by atoms with E-state index in [4.69, 9.17) is 15.2 Å². The molecule has 0 radical (unpaired) electrons. The molecule has 3 heteroatoms. The monoisotopic (exact) mass is 231 g/mol. The van der Waals surface area contributed by atoms with Gasteiger partial charge in [-0.2, -0.15) is 0 Å². The predicted molar refractivity (Wildman–Crippen MR) is 65.1 cm³/mol. The summed E-state index contributed by atoms with van der Waals surface area (Å²) >= 11 is 0. The van der Waals surface area contributed by atoms with Gasteiger partial charge < -0.3 is 15.2 Å². The van der Waals surface area contributed by atoms with Gasteiger partial charge in [-0.25, -0.2) is 0 Å². The van der Waals surface area contributed by atoms with Gasteiger partial charge in [0, 0.05) is 0 Å². The van der Waals surface area contributed by atoms with E-state index in [0.29, 0.717) is 6.61 Å². The molecule has 0 saturated heterocycles. The molecule has 0 saturated carbocycles. The van der Waals surface area contributed by atoms with Crippen LogP contribution in [-0.4, -0.2) is 6.61 Å². The second-order valence-corrected chi connectivity index (χ2v) is 4.60. The number of rotatable bonds is 2. The summed E-state index contributed by atoms with van der Waals surface area (Å²) in [7, 11) is 0. The van der Waals surface area contributed by atoms with E-state index in [1.807, 2.05) is 0 Å². The van der Waals surface area contributed by atoms with Gasteiger partial charge in [0.15, 0.2) is 0 Å². The quantitative estimate of drug-likeness (QED) is 0.850. The van der Waals surface area contributed by atoms with E-state index in [0.717, 1.165) is 37.4 Å². The molecule has 2 aliphatic rings. The van der Waals surface area contributed by atoms with Crippen molar-refractivity contribution in [3.63, 3.8) is 0 Å². The lowest BCUT2D eigenvalue weighted by atomic mass is 9.99. The summed E-state index contributed by atoms with van der Waals surface area (Å²) in [5.74, 6) is 0.912. The van der Waals surface area contributed by atoms with E-state index in [1.165, 1.54) is 11.1 Å². The summed E-state index contributed by atoms with van der Waals surface area (Å²) < 4.78 is 11.0. The Morgan fingerprint density at radius 3 is 2.88 bits per heavy atom. The first-order chi connectivity index (χ1) is 8.34. The molecule has 0 amide bonds. The Morgan fingerprint density at radius 1 is 1.18 bits per heavy atom. The van der Waals surface area contributed by atoms with Gasteiger partial charge in [0.25, 0.3) is 0 Å². The molecule has 17 heavy (non-hydrogen) atoms. The SMILES string of the molecule is NC(C1=CCCCO1)c1ccc2c(c1)COC2. The van der Waals surface area contributed by atoms with Crippen molar-refractivity contribution in [1.29, 1.82) is 0 Å². The summed E-state index contributed by atoms with van der Waals surface area (Å²) in [6, 6.07) is 6.20. The van der Waals surface area contributed by atoms with E-state index >= 15 is 0 Å². The fourth-order valence-electron chi connectivity index (χ4n) is 2.34. The van der Waals surface area contributed by atoms with Gasteiger partial charge >= 0.3 is 0 Å². The van der Waals surface area contributed by atoms with Gasteiger partial charge in [-0.05, 0) is 35.6 Å². The molecule has 0 aliphatic carbocycles. The van der Waals surface area contributed by atoms with Gasteiger partial charge in [0.1, 0.15) is 5.76 Å². The maximum Gasteiger partial charge on any atom is 0.113 e. The molecule has 0 spiro atoms. The highest BCUT2D eigenvalue weighted by atomic mass is 16.5. The number of fused-ring (bicyclic) bond motifs is 1. The van der Waals surface area contributed by atoms with Gasteiger partial charge in [0.05, 0.1) is 25.9 Å². The van der Waals surface area contributed by atoms with Gasteiger partial charge in [-0.15, -0.1) is 0 Å². The first-order valence-corrected chi connectivity index (χ1v) is 6.12. The number of hydrogen-bond donors (Lipinski definition) is 1. The van der Waals surface area contributed by atoms with Crippen LogP contribution in [0.1, 0.15) is 35.6 Å².